The van der Waals surface area contributed by atoms with Crippen LogP contribution in [-0.2, 0) is 30.2 Å². The van der Waals surface area contributed by atoms with Gasteiger partial charge >= 0.3 is 11.7 Å². The maximum atomic E-state index is 14.2. The molecule has 4 unspecified atom stereocenters. The van der Waals surface area contributed by atoms with E-state index >= 15 is 0 Å². The van der Waals surface area contributed by atoms with Crippen LogP contribution in [0, 0.1) is 50.5 Å². The van der Waals surface area contributed by atoms with Gasteiger partial charge in [0, 0.05) is 31.5 Å². The number of carbonyl (C=O) groups excluding carboxylic acids is 2. The van der Waals surface area contributed by atoms with Crippen LogP contribution in [0.3, 0.4) is 0 Å². The fourth-order valence-corrected chi connectivity index (χ4v) is 11.8. The van der Waals surface area contributed by atoms with Crippen molar-refractivity contribution < 1.29 is 38.5 Å². The third kappa shape index (κ3) is 9.52. The molecule has 322 valence electrons. The van der Waals surface area contributed by atoms with Crippen molar-refractivity contribution in [3.63, 3.8) is 0 Å². The number of phenolic OH excluding ortho intramolecular Hbond substituents is 1. The van der Waals surface area contributed by atoms with Crippen LogP contribution in [0.5, 0.6) is 5.75 Å². The van der Waals surface area contributed by atoms with Gasteiger partial charge in [-0.05, 0) is 145 Å². The number of nitro groups is 1. The third-order valence-electron chi connectivity index (χ3n) is 14.9. The molecule has 5 N–H and O–H groups in total. The summed E-state index contributed by atoms with van der Waals surface area (Å²) >= 11 is 0. The summed E-state index contributed by atoms with van der Waals surface area (Å²) in [6, 6.07) is 8.95. The van der Waals surface area contributed by atoms with Gasteiger partial charge in [-0.15, -0.1) is 0 Å². The predicted octanol–water partition coefficient (Wildman–Crippen LogP) is 6.71. The Morgan fingerprint density at radius 3 is 2.44 bits per heavy atom. The Morgan fingerprint density at radius 2 is 1.66 bits per heavy atom. The summed E-state index contributed by atoms with van der Waals surface area (Å²) in [6.07, 6.45) is 13.1. The van der Waals surface area contributed by atoms with Crippen molar-refractivity contribution in [2.24, 2.45) is 46.2 Å². The summed E-state index contributed by atoms with van der Waals surface area (Å²) in [5.41, 5.74) is 7.20. The molecule has 4 fully saturated rings. The molecule has 9 atom stereocenters. The van der Waals surface area contributed by atoms with E-state index in [-0.39, 0.29) is 52.4 Å². The number of aromatic hydroxyl groups is 1. The van der Waals surface area contributed by atoms with Crippen molar-refractivity contribution >= 4 is 34.3 Å². The fraction of sp³-hybridized carbons (Fsp3) is 0.682. The molecule has 7 rings (SSSR count). The highest BCUT2D eigenvalue weighted by Crippen LogP contribution is 2.68. The second kappa shape index (κ2) is 18.9. The number of esters is 1. The molecule has 1 heterocycles. The normalized spacial score (nSPS) is 29.2. The lowest BCUT2D eigenvalue weighted by Crippen LogP contribution is -2.56. The molecule has 3 aromatic rings. The van der Waals surface area contributed by atoms with E-state index in [0.717, 1.165) is 49.5 Å². The molecule has 15 heteroatoms. The Morgan fingerprint density at radius 1 is 0.932 bits per heavy atom. The minimum absolute atomic E-state index is 0.0131. The van der Waals surface area contributed by atoms with E-state index in [1.807, 2.05) is 0 Å². The first kappa shape index (κ1) is 42.8. The molecule has 0 aliphatic heterocycles. The van der Waals surface area contributed by atoms with Gasteiger partial charge in [-0.2, -0.15) is 0 Å². The van der Waals surface area contributed by atoms with Crippen LogP contribution in [0.1, 0.15) is 96.5 Å². The number of rotatable bonds is 19. The minimum Gasteiger partial charge on any atom is -0.508 e. The van der Waals surface area contributed by atoms with Crippen molar-refractivity contribution in [3.8, 4) is 5.75 Å². The first-order chi connectivity index (χ1) is 28.5. The van der Waals surface area contributed by atoms with Gasteiger partial charge < -0.3 is 35.7 Å². The van der Waals surface area contributed by atoms with Crippen LogP contribution in [0.15, 0.2) is 41.0 Å². The molecular weight excluding hydrogens is 757 g/mol. The Labute approximate surface area is 346 Å². The van der Waals surface area contributed by atoms with E-state index in [0.29, 0.717) is 74.7 Å². The number of fused-ring (bicyclic) bond motifs is 6. The molecule has 59 heavy (non-hydrogen) atoms. The number of nitrogens with zero attached hydrogens (tertiary/aromatic N) is 3. The SMILES string of the molecule is C[C@]12CCC3C(CC[C@@H]4C[C@H](NC(=O)[C@H](Cc5ccc(O)cc5)Nc5ccc([N+](=O)[O-])c6nonc56)CC[C@]34C)C1CCC2CCCC(=O)OCCOCCOCCN. The number of amides is 1. The second-order valence-corrected chi connectivity index (χ2v) is 18.0. The first-order valence-electron chi connectivity index (χ1n) is 21.8. The lowest BCUT2D eigenvalue weighted by molar-refractivity contribution is -0.383. The summed E-state index contributed by atoms with van der Waals surface area (Å²) < 4.78 is 21.1. The van der Waals surface area contributed by atoms with E-state index in [1.54, 1.807) is 24.3 Å². The van der Waals surface area contributed by atoms with Crippen LogP contribution in [-0.4, -0.2) is 83.9 Å². The van der Waals surface area contributed by atoms with Gasteiger partial charge in [-0.3, -0.25) is 19.7 Å². The number of carbonyl (C=O) groups is 2. The average Bonchev–Trinajstić information content (AvgIpc) is 3.85. The smallest absolute Gasteiger partial charge is 0.305 e. The number of nitro benzene ring substituents is 1. The lowest BCUT2D eigenvalue weighted by atomic mass is 9.44. The number of nitrogens with two attached hydrogens (primary N) is 1. The van der Waals surface area contributed by atoms with Gasteiger partial charge in [-0.1, -0.05) is 26.0 Å². The topological polar surface area (TPSA) is 214 Å². The molecule has 4 saturated carbocycles. The first-order valence-corrected chi connectivity index (χ1v) is 21.8. The van der Waals surface area contributed by atoms with Crippen molar-refractivity contribution in [2.45, 2.75) is 109 Å². The van der Waals surface area contributed by atoms with Gasteiger partial charge in [0.05, 0.1) is 37.0 Å². The quantitative estimate of drug-likeness (QED) is 0.0429. The number of anilines is 1. The summed E-state index contributed by atoms with van der Waals surface area (Å²) in [4.78, 5) is 37.7. The van der Waals surface area contributed by atoms with Crippen LogP contribution < -0.4 is 16.4 Å². The minimum atomic E-state index is -0.723. The van der Waals surface area contributed by atoms with Crippen molar-refractivity contribution in [1.29, 1.82) is 0 Å². The van der Waals surface area contributed by atoms with Crippen molar-refractivity contribution in [3.05, 3.63) is 52.1 Å². The highest BCUT2D eigenvalue weighted by molar-refractivity contribution is 5.95. The molecule has 4 aliphatic carbocycles. The molecule has 15 nitrogen and oxygen atoms in total. The zero-order valence-corrected chi connectivity index (χ0v) is 34.6. The summed E-state index contributed by atoms with van der Waals surface area (Å²) in [5.74, 6) is 3.13. The summed E-state index contributed by atoms with van der Waals surface area (Å²) in [6.45, 7) is 7.67. The van der Waals surface area contributed by atoms with E-state index in [4.69, 9.17) is 24.6 Å². The molecule has 0 bridgehead atoms. The zero-order valence-electron chi connectivity index (χ0n) is 34.6. The Bertz CT molecular complexity index is 1910. The standard InChI is InChI=1S/C44H62N6O9/c1-43-19-17-35-33(34(43)13-9-29(43)4-3-5-39(52)58-25-24-57-23-22-56-21-20-45)12-8-30-27-31(16-18-44(30,35)2)46-42(53)37(26-28-6-10-32(51)11-7-28)47-36-14-15-38(50(54)55)41-40(36)48-59-49-41/h6-7,10-11,14-15,29-31,33-35,37,47,51H,3-5,8-9,12-13,16-27,45H2,1-2H3,(H,46,53)/t29?,30-,31-,33?,34?,35?,37+,43-,44+/m1/s1. The van der Waals surface area contributed by atoms with Crippen LogP contribution >= 0.6 is 0 Å². The maximum Gasteiger partial charge on any atom is 0.305 e. The number of ether oxygens (including phenoxy) is 3. The number of phenols is 1. The Hall–Kier alpha value is -4.34. The van der Waals surface area contributed by atoms with E-state index in [2.05, 4.69) is 34.8 Å². The number of benzene rings is 2. The lowest BCUT2D eigenvalue weighted by Gasteiger charge is -2.61. The van der Waals surface area contributed by atoms with Crippen molar-refractivity contribution in [1.82, 2.24) is 15.6 Å². The van der Waals surface area contributed by atoms with Crippen LogP contribution in [0.25, 0.3) is 11.0 Å². The average molecular weight is 819 g/mol. The fourth-order valence-electron chi connectivity index (χ4n) is 11.8. The van der Waals surface area contributed by atoms with Gasteiger partial charge in [0.1, 0.15) is 18.4 Å². The van der Waals surface area contributed by atoms with E-state index in [9.17, 15) is 24.8 Å². The monoisotopic (exact) mass is 818 g/mol. The van der Waals surface area contributed by atoms with Crippen molar-refractivity contribution in [2.75, 3.05) is 44.9 Å². The Kier molecular flexibility index (Phi) is 13.7. The van der Waals surface area contributed by atoms with Gasteiger partial charge in [0.25, 0.3) is 0 Å². The highest BCUT2D eigenvalue weighted by Gasteiger charge is 2.60. The Balaban J connectivity index is 0.923. The number of aromatic nitrogens is 2. The molecule has 0 radical (unpaired) electrons. The number of nitrogens with one attached hydrogen (secondary N) is 2. The second-order valence-electron chi connectivity index (χ2n) is 18.0. The predicted molar refractivity (Wildman–Crippen MR) is 220 cm³/mol. The van der Waals surface area contributed by atoms with Gasteiger partial charge in [0.15, 0.2) is 5.52 Å². The zero-order chi connectivity index (χ0) is 41.6. The molecule has 0 spiro atoms. The van der Waals surface area contributed by atoms with Crippen LogP contribution in [0.2, 0.25) is 0 Å². The number of hydrogen-bond donors (Lipinski definition) is 4. The molecule has 4 aliphatic rings. The largest absolute Gasteiger partial charge is 0.508 e. The van der Waals surface area contributed by atoms with Gasteiger partial charge in [-0.25, -0.2) is 4.63 Å². The molecular formula is C44H62N6O9. The number of non-ortho nitro benzene ring substituents is 1. The van der Waals surface area contributed by atoms with E-state index < -0.39 is 11.0 Å². The molecule has 0 saturated heterocycles. The molecule has 1 aromatic heterocycles. The number of hydrogen-bond acceptors (Lipinski definition) is 13. The highest BCUT2D eigenvalue weighted by atomic mass is 16.6. The summed E-state index contributed by atoms with van der Waals surface area (Å²) in [7, 11) is 0. The maximum absolute atomic E-state index is 14.2. The van der Waals surface area contributed by atoms with Gasteiger partial charge in [0.2, 0.25) is 11.4 Å². The third-order valence-corrected chi connectivity index (χ3v) is 14.9. The van der Waals surface area contributed by atoms with Crippen LogP contribution in [0.4, 0.5) is 11.4 Å². The molecule has 2 aromatic carbocycles. The summed E-state index contributed by atoms with van der Waals surface area (Å²) in [5, 5.41) is 35.9. The molecule has 1 amide bonds. The van der Waals surface area contributed by atoms with E-state index in [1.165, 1.54) is 50.7 Å².